The molecule has 6 heteroatoms. The molecule has 90 valence electrons. The van der Waals surface area contributed by atoms with E-state index in [4.69, 9.17) is 5.73 Å². The predicted molar refractivity (Wildman–Crippen MR) is 70.7 cm³/mol. The largest absolute Gasteiger partial charge is 0.378 e. The molecule has 1 saturated carbocycles. The van der Waals surface area contributed by atoms with Crippen LogP contribution in [0.4, 0.5) is 0 Å². The van der Waals surface area contributed by atoms with Crippen LogP contribution in [0.25, 0.3) is 0 Å². The Balaban J connectivity index is 2.76. The lowest BCUT2D eigenvalue weighted by Gasteiger charge is -2.35. The minimum atomic E-state index is -2.91. The molecule has 0 radical (unpaired) electrons. The highest BCUT2D eigenvalue weighted by Gasteiger charge is 2.39. The smallest absolute Gasteiger partial charge is 0.192 e. The van der Waals surface area contributed by atoms with E-state index < -0.39 is 17.4 Å². The van der Waals surface area contributed by atoms with Crippen LogP contribution in [0.1, 0.15) is 32.6 Å². The van der Waals surface area contributed by atoms with E-state index in [0.29, 0.717) is 5.92 Å². The average molecular weight is 269 g/mol. The standard InChI is InChI=1S/C9H20NO2PS2/c1-6-3-2-4-7(5-6)8(9(10)11)13(12,14)15/h6-9,11H,2-5,10H2,1H3,(H2,12,14,15). The van der Waals surface area contributed by atoms with Gasteiger partial charge < -0.3 is 15.4 Å². The first-order chi connectivity index (χ1) is 6.82. The molecule has 0 aliphatic heterocycles. The summed E-state index contributed by atoms with van der Waals surface area (Å²) in [6.07, 6.45) is 3.16. The van der Waals surface area contributed by atoms with Crippen LogP contribution in [-0.4, -0.2) is 17.0 Å². The van der Waals surface area contributed by atoms with Crippen LogP contribution in [0.3, 0.4) is 0 Å². The first kappa shape index (κ1) is 13.9. The number of hydrogen-bond acceptors (Lipinski definition) is 3. The predicted octanol–water partition coefficient (Wildman–Crippen LogP) is 2.51. The molecule has 0 aromatic carbocycles. The number of hydrogen-bond donors (Lipinski definition) is 4. The van der Waals surface area contributed by atoms with Gasteiger partial charge in [0.2, 0.25) is 0 Å². The summed E-state index contributed by atoms with van der Waals surface area (Å²) in [6.45, 7) is 2.17. The quantitative estimate of drug-likeness (QED) is 0.362. The second-order valence-corrected chi connectivity index (χ2v) is 10.9. The number of aliphatic hydroxyl groups is 1. The third-order valence-corrected chi connectivity index (χ3v) is 6.30. The Morgan fingerprint density at radius 1 is 1.47 bits per heavy atom. The van der Waals surface area contributed by atoms with Gasteiger partial charge in [-0.1, -0.05) is 19.8 Å². The van der Waals surface area contributed by atoms with Crippen molar-refractivity contribution in [3.63, 3.8) is 0 Å². The topological polar surface area (TPSA) is 63.3 Å². The van der Waals surface area contributed by atoms with Crippen molar-refractivity contribution in [2.45, 2.75) is 44.5 Å². The summed E-state index contributed by atoms with van der Waals surface area (Å²) in [6, 6.07) is 0. The van der Waals surface area contributed by atoms with Gasteiger partial charge in [0, 0.05) is 0 Å². The molecule has 0 saturated heterocycles. The maximum Gasteiger partial charge on any atom is 0.192 e. The van der Waals surface area contributed by atoms with Crippen molar-refractivity contribution >= 4 is 30.0 Å². The Kier molecular flexibility index (Phi) is 5.06. The molecule has 15 heavy (non-hydrogen) atoms. The summed E-state index contributed by atoms with van der Waals surface area (Å²) in [5.74, 6) is 0.799. The lowest BCUT2D eigenvalue weighted by atomic mass is 9.80. The van der Waals surface area contributed by atoms with Gasteiger partial charge in [-0.3, -0.25) is 0 Å². The maximum atomic E-state index is 11.9. The van der Waals surface area contributed by atoms with Crippen molar-refractivity contribution < 1.29 is 9.67 Å². The molecule has 4 atom stereocenters. The van der Waals surface area contributed by atoms with E-state index in [1.54, 1.807) is 0 Å². The fraction of sp³-hybridized carbons (Fsp3) is 1.00. The molecule has 3 N–H and O–H groups in total. The van der Waals surface area contributed by atoms with Gasteiger partial charge >= 0.3 is 0 Å². The summed E-state index contributed by atoms with van der Waals surface area (Å²) < 4.78 is 11.9. The SMILES string of the molecule is CC1CCCC(C(C(N)O)P(=O)(S)S)C1. The summed E-state index contributed by atoms with van der Waals surface area (Å²) in [5.41, 5.74) is 2.09. The minimum absolute atomic E-state index is 0.189. The highest BCUT2D eigenvalue weighted by atomic mass is 33.1. The fourth-order valence-electron chi connectivity index (χ4n) is 2.54. The molecule has 0 bridgehead atoms. The molecular formula is C9H20NO2PS2. The van der Waals surface area contributed by atoms with Gasteiger partial charge in [0.1, 0.15) is 6.23 Å². The van der Waals surface area contributed by atoms with Gasteiger partial charge in [0.05, 0.1) is 5.66 Å². The van der Waals surface area contributed by atoms with Crippen molar-refractivity contribution in [3.05, 3.63) is 0 Å². The van der Waals surface area contributed by atoms with Gasteiger partial charge in [0.25, 0.3) is 0 Å². The van der Waals surface area contributed by atoms with E-state index in [2.05, 4.69) is 31.4 Å². The van der Waals surface area contributed by atoms with E-state index in [9.17, 15) is 9.67 Å². The van der Waals surface area contributed by atoms with E-state index >= 15 is 0 Å². The van der Waals surface area contributed by atoms with E-state index in [1.807, 2.05) is 0 Å². The van der Waals surface area contributed by atoms with Gasteiger partial charge in [0.15, 0.2) is 5.55 Å². The third-order valence-electron chi connectivity index (χ3n) is 3.20. The molecule has 0 spiro atoms. The third kappa shape index (κ3) is 3.97. The fourth-order valence-corrected chi connectivity index (χ4v) is 5.71. The van der Waals surface area contributed by atoms with E-state index in [1.165, 1.54) is 6.42 Å². The van der Waals surface area contributed by atoms with Crippen LogP contribution in [0.5, 0.6) is 0 Å². The summed E-state index contributed by atoms with van der Waals surface area (Å²) in [4.78, 5) is 0. The Morgan fingerprint density at radius 3 is 2.47 bits per heavy atom. The zero-order chi connectivity index (χ0) is 11.6. The van der Waals surface area contributed by atoms with Crippen LogP contribution in [0.15, 0.2) is 0 Å². The number of thiol groups is 2. The highest BCUT2D eigenvalue weighted by molar-refractivity contribution is 8.81. The second-order valence-electron chi connectivity index (χ2n) is 4.60. The van der Waals surface area contributed by atoms with Crippen molar-refractivity contribution in [2.75, 3.05) is 0 Å². The molecule has 0 amide bonds. The van der Waals surface area contributed by atoms with Crippen LogP contribution < -0.4 is 5.73 Å². The zero-order valence-electron chi connectivity index (χ0n) is 8.91. The lowest BCUT2D eigenvalue weighted by Crippen LogP contribution is -2.39. The molecule has 0 aromatic rings. The van der Waals surface area contributed by atoms with Crippen LogP contribution in [0.2, 0.25) is 0 Å². The summed E-state index contributed by atoms with van der Waals surface area (Å²) in [7, 11) is 0. The summed E-state index contributed by atoms with van der Waals surface area (Å²) >= 11 is 8.02. The molecule has 0 heterocycles. The Morgan fingerprint density at radius 2 is 2.07 bits per heavy atom. The molecular weight excluding hydrogens is 249 g/mol. The number of rotatable bonds is 3. The Bertz CT molecular complexity index is 256. The number of nitrogens with two attached hydrogens (primary N) is 1. The second kappa shape index (κ2) is 5.46. The van der Waals surface area contributed by atoms with Gasteiger partial charge in [-0.05, 0) is 24.7 Å². The molecule has 1 fully saturated rings. The van der Waals surface area contributed by atoms with Crippen LogP contribution in [0, 0.1) is 11.8 Å². The lowest BCUT2D eigenvalue weighted by molar-refractivity contribution is 0.132. The van der Waals surface area contributed by atoms with Crippen molar-refractivity contribution in [3.8, 4) is 0 Å². The monoisotopic (exact) mass is 269 g/mol. The van der Waals surface area contributed by atoms with Crippen LogP contribution >= 0.6 is 30.0 Å². The first-order valence-electron chi connectivity index (χ1n) is 5.31. The molecule has 1 rings (SSSR count). The minimum Gasteiger partial charge on any atom is -0.378 e. The van der Waals surface area contributed by atoms with E-state index in [0.717, 1.165) is 19.3 Å². The zero-order valence-corrected chi connectivity index (χ0v) is 11.6. The van der Waals surface area contributed by atoms with Crippen LogP contribution in [-0.2, 0) is 4.57 Å². The maximum absolute atomic E-state index is 11.9. The van der Waals surface area contributed by atoms with Gasteiger partial charge in [-0.15, -0.1) is 24.5 Å². The van der Waals surface area contributed by atoms with Crippen molar-refractivity contribution in [1.29, 1.82) is 0 Å². The average Bonchev–Trinajstić information content (AvgIpc) is 1.99. The summed E-state index contributed by atoms with van der Waals surface area (Å²) in [5, 5.41) is 9.49. The van der Waals surface area contributed by atoms with E-state index in [-0.39, 0.29) is 5.92 Å². The molecule has 0 aromatic heterocycles. The highest BCUT2D eigenvalue weighted by Crippen LogP contribution is 2.63. The normalized spacial score (nSPS) is 32.3. The van der Waals surface area contributed by atoms with Crippen molar-refractivity contribution in [1.82, 2.24) is 0 Å². The first-order valence-corrected chi connectivity index (χ1v) is 9.39. The molecule has 4 unspecified atom stereocenters. The number of aliphatic hydroxyl groups excluding tert-OH is 1. The molecule has 1 aliphatic rings. The Hall–Kier alpha value is 0.850. The van der Waals surface area contributed by atoms with Gasteiger partial charge in [-0.25, -0.2) is 0 Å². The molecule has 1 aliphatic carbocycles. The Labute approximate surface area is 102 Å². The van der Waals surface area contributed by atoms with Crippen molar-refractivity contribution in [2.24, 2.45) is 17.6 Å². The molecule has 3 nitrogen and oxygen atoms in total. The van der Waals surface area contributed by atoms with Gasteiger partial charge in [-0.2, -0.15) is 0 Å².